The molecule has 0 radical (unpaired) electrons. The van der Waals surface area contributed by atoms with E-state index in [1.807, 2.05) is 6.92 Å². The van der Waals surface area contributed by atoms with Crippen molar-refractivity contribution in [1.29, 1.82) is 0 Å². The number of benzene rings is 1. The van der Waals surface area contributed by atoms with E-state index in [0.29, 0.717) is 5.41 Å². The summed E-state index contributed by atoms with van der Waals surface area (Å²) in [5.74, 6) is 1.04. The topological polar surface area (TPSA) is 12.0 Å². The van der Waals surface area contributed by atoms with E-state index in [2.05, 4.69) is 23.5 Å². The molecule has 0 atom stereocenters. The van der Waals surface area contributed by atoms with Crippen LogP contribution in [0.2, 0.25) is 5.02 Å². The fourth-order valence-electron chi connectivity index (χ4n) is 2.79. The summed E-state index contributed by atoms with van der Waals surface area (Å²) in [5.41, 5.74) is 3.15. The summed E-state index contributed by atoms with van der Waals surface area (Å²) in [5, 5.41) is 4.50. The van der Waals surface area contributed by atoms with Crippen molar-refractivity contribution in [3.05, 3.63) is 34.3 Å². The molecule has 0 amide bonds. The molecule has 0 unspecified atom stereocenters. The Morgan fingerprint density at radius 3 is 2.71 bits per heavy atom. The maximum absolute atomic E-state index is 6.13. The quantitative estimate of drug-likeness (QED) is 0.834. The lowest BCUT2D eigenvalue weighted by molar-refractivity contribution is 0.403. The largest absolute Gasteiger partial charge is 0.312 e. The highest BCUT2D eigenvalue weighted by Gasteiger charge is 2.53. The van der Waals surface area contributed by atoms with Crippen molar-refractivity contribution in [2.75, 3.05) is 6.54 Å². The van der Waals surface area contributed by atoms with Crippen molar-refractivity contribution < 1.29 is 0 Å². The van der Waals surface area contributed by atoms with Gasteiger partial charge in [-0.3, -0.25) is 0 Å². The molecule has 1 nitrogen and oxygen atoms in total. The molecule has 92 valence electrons. The molecule has 2 aliphatic carbocycles. The first kappa shape index (κ1) is 11.6. The van der Waals surface area contributed by atoms with Gasteiger partial charge in [-0.15, -0.1) is 0 Å². The first-order valence-electron chi connectivity index (χ1n) is 6.65. The van der Waals surface area contributed by atoms with E-state index in [4.69, 9.17) is 11.6 Å². The Kier molecular flexibility index (Phi) is 2.92. The number of hydrogen-bond donors (Lipinski definition) is 1. The lowest BCUT2D eigenvalue weighted by atomic mass is 10.0. The van der Waals surface area contributed by atoms with E-state index < -0.39 is 0 Å². The first-order chi connectivity index (χ1) is 8.20. The second-order valence-corrected chi connectivity index (χ2v) is 6.23. The van der Waals surface area contributed by atoms with Crippen molar-refractivity contribution >= 4 is 11.6 Å². The highest BCUT2D eigenvalue weighted by atomic mass is 35.5. The van der Waals surface area contributed by atoms with Crippen LogP contribution >= 0.6 is 11.6 Å². The van der Waals surface area contributed by atoms with Gasteiger partial charge in [-0.05, 0) is 61.1 Å². The number of rotatable bonds is 5. The lowest BCUT2D eigenvalue weighted by Gasteiger charge is -2.15. The normalized spacial score (nSPS) is 21.5. The van der Waals surface area contributed by atoms with Crippen LogP contribution in [-0.2, 0) is 6.54 Å². The Morgan fingerprint density at radius 1 is 1.35 bits per heavy atom. The molecule has 2 fully saturated rings. The van der Waals surface area contributed by atoms with Gasteiger partial charge in [0.05, 0.1) is 0 Å². The average molecular weight is 250 g/mol. The molecule has 2 saturated carbocycles. The fraction of sp³-hybridized carbons (Fsp3) is 0.600. The van der Waals surface area contributed by atoms with Crippen LogP contribution in [-0.4, -0.2) is 6.54 Å². The fourth-order valence-corrected chi connectivity index (χ4v) is 2.99. The molecule has 0 heterocycles. The maximum atomic E-state index is 6.13. The minimum absolute atomic E-state index is 0.689. The molecular formula is C15H20ClN. The van der Waals surface area contributed by atoms with E-state index in [-0.39, 0.29) is 0 Å². The smallest absolute Gasteiger partial charge is 0.0438 e. The molecule has 17 heavy (non-hydrogen) atoms. The third-order valence-electron chi connectivity index (χ3n) is 4.38. The van der Waals surface area contributed by atoms with Gasteiger partial charge in [0.25, 0.3) is 0 Å². The standard InChI is InChI=1S/C15H20ClN/c1-11-2-3-12(8-14(11)16)9-17-10-15(6-7-15)13-4-5-13/h2-3,8,13,17H,4-7,9-10H2,1H3. The van der Waals surface area contributed by atoms with Gasteiger partial charge < -0.3 is 5.32 Å². The maximum Gasteiger partial charge on any atom is 0.0438 e. The molecule has 3 rings (SSSR count). The van der Waals surface area contributed by atoms with Gasteiger partial charge in [0.15, 0.2) is 0 Å². The Morgan fingerprint density at radius 2 is 2.12 bits per heavy atom. The van der Waals surface area contributed by atoms with Gasteiger partial charge in [-0.2, -0.15) is 0 Å². The minimum Gasteiger partial charge on any atom is -0.312 e. The van der Waals surface area contributed by atoms with Crippen molar-refractivity contribution in [2.24, 2.45) is 11.3 Å². The lowest BCUT2D eigenvalue weighted by Crippen LogP contribution is -2.25. The molecule has 2 heteroatoms. The molecule has 0 aliphatic heterocycles. The molecule has 1 aromatic rings. The molecule has 0 spiro atoms. The molecule has 2 aliphatic rings. The molecular weight excluding hydrogens is 230 g/mol. The molecule has 1 aromatic carbocycles. The summed E-state index contributed by atoms with van der Waals surface area (Å²) in [7, 11) is 0. The molecule has 0 saturated heterocycles. The van der Waals surface area contributed by atoms with E-state index in [1.165, 1.54) is 37.8 Å². The van der Waals surface area contributed by atoms with Crippen molar-refractivity contribution in [1.82, 2.24) is 5.32 Å². The summed E-state index contributed by atoms with van der Waals surface area (Å²) >= 11 is 6.13. The number of aryl methyl sites for hydroxylation is 1. The monoisotopic (exact) mass is 249 g/mol. The summed E-state index contributed by atoms with van der Waals surface area (Å²) < 4.78 is 0. The van der Waals surface area contributed by atoms with E-state index in [0.717, 1.165) is 23.0 Å². The summed E-state index contributed by atoms with van der Waals surface area (Å²) in [6.07, 6.45) is 5.83. The van der Waals surface area contributed by atoms with Crippen molar-refractivity contribution in [3.8, 4) is 0 Å². The van der Waals surface area contributed by atoms with Gasteiger partial charge in [0.1, 0.15) is 0 Å². The van der Waals surface area contributed by atoms with E-state index >= 15 is 0 Å². The SMILES string of the molecule is Cc1ccc(CNCC2(C3CC3)CC2)cc1Cl. The van der Waals surface area contributed by atoms with Crippen molar-refractivity contribution in [2.45, 2.75) is 39.2 Å². The van der Waals surface area contributed by atoms with Crippen LogP contribution < -0.4 is 5.32 Å². The number of halogens is 1. The van der Waals surface area contributed by atoms with E-state index in [9.17, 15) is 0 Å². The number of hydrogen-bond acceptors (Lipinski definition) is 1. The minimum atomic E-state index is 0.689. The molecule has 1 N–H and O–H groups in total. The number of nitrogens with one attached hydrogen (secondary N) is 1. The zero-order chi connectivity index (χ0) is 11.9. The van der Waals surface area contributed by atoms with Gasteiger partial charge in [-0.25, -0.2) is 0 Å². The Labute approximate surface area is 109 Å². The van der Waals surface area contributed by atoms with Crippen LogP contribution in [0.4, 0.5) is 0 Å². The molecule has 0 aromatic heterocycles. The van der Waals surface area contributed by atoms with Crippen LogP contribution in [0, 0.1) is 18.3 Å². The van der Waals surface area contributed by atoms with Gasteiger partial charge in [0, 0.05) is 18.1 Å². The zero-order valence-corrected chi connectivity index (χ0v) is 11.2. The Balaban J connectivity index is 1.52. The first-order valence-corrected chi connectivity index (χ1v) is 7.03. The van der Waals surface area contributed by atoms with Gasteiger partial charge in [0.2, 0.25) is 0 Å². The second kappa shape index (κ2) is 4.29. The van der Waals surface area contributed by atoms with Crippen LogP contribution in [0.1, 0.15) is 36.8 Å². The highest BCUT2D eigenvalue weighted by Crippen LogP contribution is 2.60. The van der Waals surface area contributed by atoms with E-state index in [1.54, 1.807) is 0 Å². The second-order valence-electron chi connectivity index (χ2n) is 5.82. The zero-order valence-electron chi connectivity index (χ0n) is 10.4. The Bertz CT molecular complexity index is 419. The van der Waals surface area contributed by atoms with Crippen LogP contribution in [0.5, 0.6) is 0 Å². The summed E-state index contributed by atoms with van der Waals surface area (Å²) in [6, 6.07) is 6.36. The predicted molar refractivity (Wildman–Crippen MR) is 72.3 cm³/mol. The Hall–Kier alpha value is -0.530. The highest BCUT2D eigenvalue weighted by molar-refractivity contribution is 6.31. The van der Waals surface area contributed by atoms with Crippen molar-refractivity contribution in [3.63, 3.8) is 0 Å². The third-order valence-corrected chi connectivity index (χ3v) is 4.79. The van der Waals surface area contributed by atoms with Crippen LogP contribution in [0.25, 0.3) is 0 Å². The third kappa shape index (κ3) is 2.51. The van der Waals surface area contributed by atoms with Gasteiger partial charge >= 0.3 is 0 Å². The summed E-state index contributed by atoms with van der Waals surface area (Å²) in [4.78, 5) is 0. The summed E-state index contributed by atoms with van der Waals surface area (Å²) in [6.45, 7) is 4.20. The van der Waals surface area contributed by atoms with Gasteiger partial charge in [-0.1, -0.05) is 23.7 Å². The average Bonchev–Trinajstić information content (AvgIpc) is 3.14. The van der Waals surface area contributed by atoms with Crippen LogP contribution in [0.3, 0.4) is 0 Å². The molecule has 0 bridgehead atoms. The van der Waals surface area contributed by atoms with Crippen LogP contribution in [0.15, 0.2) is 18.2 Å². The predicted octanol–water partition coefficient (Wildman–Crippen LogP) is 3.93.